The third-order valence-electron chi connectivity index (χ3n) is 2.53. The Morgan fingerprint density at radius 1 is 1.30 bits per heavy atom. The summed E-state index contributed by atoms with van der Waals surface area (Å²) in [4.78, 5) is 5.98. The van der Waals surface area contributed by atoms with Crippen LogP contribution in [0.5, 0.6) is 0 Å². The predicted octanol–water partition coefficient (Wildman–Crippen LogP) is 2.43. The molecule has 0 amide bonds. The first-order valence-corrected chi connectivity index (χ1v) is 8.74. The Morgan fingerprint density at radius 3 is 2.85 bits per heavy atom. The molecular weight excluding hydrogens is 318 g/mol. The number of nitrogens with one attached hydrogen (secondary N) is 1. The van der Waals surface area contributed by atoms with Gasteiger partial charge in [-0.3, -0.25) is 0 Å². The van der Waals surface area contributed by atoms with Crippen LogP contribution < -0.4 is 4.72 Å². The SMILES string of the molecule is CNS(=O)(=O)c1csc(-c2nc(-c3cccs3)no2)c1. The Bertz CT molecular complexity index is 818. The van der Waals surface area contributed by atoms with E-state index in [1.54, 1.807) is 0 Å². The largest absolute Gasteiger partial charge is 0.333 e. The molecule has 0 aliphatic heterocycles. The summed E-state index contributed by atoms with van der Waals surface area (Å²) in [5.41, 5.74) is 0. The summed E-state index contributed by atoms with van der Waals surface area (Å²) < 4.78 is 30.8. The number of hydrogen-bond donors (Lipinski definition) is 1. The summed E-state index contributed by atoms with van der Waals surface area (Å²) in [7, 11) is -2.08. The number of aromatic nitrogens is 2. The van der Waals surface area contributed by atoms with E-state index >= 15 is 0 Å². The van der Waals surface area contributed by atoms with Crippen LogP contribution >= 0.6 is 22.7 Å². The minimum atomic E-state index is -3.45. The van der Waals surface area contributed by atoms with Gasteiger partial charge in [0.15, 0.2) is 0 Å². The van der Waals surface area contributed by atoms with Gasteiger partial charge in [-0.25, -0.2) is 13.1 Å². The average molecular weight is 327 g/mol. The molecule has 3 rings (SSSR count). The first-order valence-electron chi connectivity index (χ1n) is 5.50. The lowest BCUT2D eigenvalue weighted by atomic mass is 10.4. The van der Waals surface area contributed by atoms with E-state index in [0.717, 1.165) is 4.88 Å². The Hall–Kier alpha value is -1.55. The predicted molar refractivity (Wildman–Crippen MR) is 77.2 cm³/mol. The Balaban J connectivity index is 1.95. The zero-order valence-corrected chi connectivity index (χ0v) is 12.7. The van der Waals surface area contributed by atoms with E-state index in [1.165, 1.54) is 41.2 Å². The van der Waals surface area contributed by atoms with Crippen LogP contribution in [0.15, 0.2) is 38.4 Å². The zero-order chi connectivity index (χ0) is 14.2. The molecule has 0 saturated carbocycles. The van der Waals surface area contributed by atoms with Gasteiger partial charge in [0.1, 0.15) is 0 Å². The number of nitrogens with zero attached hydrogens (tertiary/aromatic N) is 2. The van der Waals surface area contributed by atoms with Crippen molar-refractivity contribution >= 4 is 32.7 Å². The molecule has 1 N–H and O–H groups in total. The number of rotatable bonds is 4. The molecule has 0 unspecified atom stereocenters. The molecule has 0 fully saturated rings. The van der Waals surface area contributed by atoms with Gasteiger partial charge in [-0.2, -0.15) is 4.98 Å². The van der Waals surface area contributed by atoms with Crippen molar-refractivity contribution in [1.29, 1.82) is 0 Å². The molecule has 0 spiro atoms. The Morgan fingerprint density at radius 2 is 2.15 bits per heavy atom. The normalized spacial score (nSPS) is 11.8. The number of sulfonamides is 1. The van der Waals surface area contributed by atoms with Crippen LogP contribution in [0.4, 0.5) is 0 Å². The van der Waals surface area contributed by atoms with Gasteiger partial charge < -0.3 is 4.52 Å². The summed E-state index contributed by atoms with van der Waals surface area (Å²) >= 11 is 2.75. The van der Waals surface area contributed by atoms with Crippen LogP contribution in [0.2, 0.25) is 0 Å². The van der Waals surface area contributed by atoms with Gasteiger partial charge in [0.05, 0.1) is 14.6 Å². The summed E-state index contributed by atoms with van der Waals surface area (Å²) in [5, 5.41) is 7.36. The van der Waals surface area contributed by atoms with E-state index in [9.17, 15) is 8.42 Å². The van der Waals surface area contributed by atoms with E-state index in [4.69, 9.17) is 4.52 Å². The standard InChI is InChI=1S/C11H9N3O3S3/c1-12-20(15,16)7-5-9(19-6-7)11-13-10(14-17-11)8-3-2-4-18-8/h2-6,12H,1H3. The van der Waals surface area contributed by atoms with Gasteiger partial charge in [-0.1, -0.05) is 11.2 Å². The molecule has 0 radical (unpaired) electrons. The lowest BCUT2D eigenvalue weighted by Gasteiger charge is -1.95. The van der Waals surface area contributed by atoms with Crippen LogP contribution in [0.3, 0.4) is 0 Å². The third kappa shape index (κ3) is 2.40. The van der Waals surface area contributed by atoms with E-state index in [-0.39, 0.29) is 4.90 Å². The van der Waals surface area contributed by atoms with Gasteiger partial charge in [-0.15, -0.1) is 22.7 Å². The van der Waals surface area contributed by atoms with Crippen molar-refractivity contribution in [2.24, 2.45) is 0 Å². The molecular formula is C11H9N3O3S3. The van der Waals surface area contributed by atoms with E-state index in [0.29, 0.717) is 16.6 Å². The molecule has 3 aromatic heterocycles. The van der Waals surface area contributed by atoms with Crippen molar-refractivity contribution in [3.8, 4) is 21.5 Å². The van der Waals surface area contributed by atoms with Crippen molar-refractivity contribution in [3.05, 3.63) is 29.0 Å². The second kappa shape index (κ2) is 5.09. The Kier molecular flexibility index (Phi) is 3.42. The maximum atomic E-state index is 11.7. The summed E-state index contributed by atoms with van der Waals surface area (Å²) in [6, 6.07) is 5.31. The van der Waals surface area contributed by atoms with Gasteiger partial charge in [0, 0.05) is 5.38 Å². The minimum Gasteiger partial charge on any atom is -0.333 e. The van der Waals surface area contributed by atoms with Gasteiger partial charge in [0.25, 0.3) is 5.89 Å². The number of thiophene rings is 2. The van der Waals surface area contributed by atoms with Crippen LogP contribution in [-0.2, 0) is 10.0 Å². The molecule has 3 heterocycles. The van der Waals surface area contributed by atoms with Gasteiger partial charge in [0.2, 0.25) is 15.8 Å². The third-order valence-corrected chi connectivity index (χ3v) is 5.86. The van der Waals surface area contributed by atoms with Crippen LogP contribution in [0, 0.1) is 0 Å². The van der Waals surface area contributed by atoms with Crippen molar-refractivity contribution in [3.63, 3.8) is 0 Å². The minimum absolute atomic E-state index is 0.191. The molecule has 3 aromatic rings. The molecule has 9 heteroatoms. The molecule has 0 saturated heterocycles. The smallest absolute Gasteiger partial charge is 0.268 e. The molecule has 0 aliphatic carbocycles. The fourth-order valence-electron chi connectivity index (χ4n) is 1.52. The molecule has 0 aliphatic rings. The van der Waals surface area contributed by atoms with Crippen molar-refractivity contribution in [1.82, 2.24) is 14.9 Å². The molecule has 0 atom stereocenters. The fraction of sp³-hybridized carbons (Fsp3) is 0.0909. The maximum Gasteiger partial charge on any atom is 0.268 e. The molecule has 6 nitrogen and oxygen atoms in total. The maximum absolute atomic E-state index is 11.7. The van der Waals surface area contributed by atoms with Gasteiger partial charge in [-0.05, 0) is 24.6 Å². The Labute approximate surface area is 123 Å². The van der Waals surface area contributed by atoms with Crippen LogP contribution in [0.1, 0.15) is 0 Å². The average Bonchev–Trinajstić information content (AvgIpc) is 3.17. The zero-order valence-electron chi connectivity index (χ0n) is 10.2. The molecule has 0 bridgehead atoms. The summed E-state index contributed by atoms with van der Waals surface area (Å²) in [5.74, 6) is 0.817. The first-order chi connectivity index (χ1) is 9.60. The summed E-state index contributed by atoms with van der Waals surface area (Å²) in [6.07, 6.45) is 0. The highest BCUT2D eigenvalue weighted by Gasteiger charge is 2.18. The molecule has 0 aromatic carbocycles. The lowest BCUT2D eigenvalue weighted by molar-refractivity contribution is 0.433. The molecule has 104 valence electrons. The highest BCUT2D eigenvalue weighted by molar-refractivity contribution is 7.89. The van der Waals surface area contributed by atoms with Gasteiger partial charge >= 0.3 is 0 Å². The summed E-state index contributed by atoms with van der Waals surface area (Å²) in [6.45, 7) is 0. The van der Waals surface area contributed by atoms with Crippen molar-refractivity contribution < 1.29 is 12.9 Å². The fourth-order valence-corrected chi connectivity index (χ4v) is 4.09. The highest BCUT2D eigenvalue weighted by atomic mass is 32.2. The van der Waals surface area contributed by atoms with Crippen molar-refractivity contribution in [2.75, 3.05) is 7.05 Å². The first kappa shape index (κ1) is 13.4. The highest BCUT2D eigenvalue weighted by Crippen LogP contribution is 2.30. The van der Waals surface area contributed by atoms with E-state index in [1.807, 2.05) is 17.5 Å². The second-order valence-corrected chi connectivity index (χ2v) is 7.50. The van der Waals surface area contributed by atoms with Crippen LogP contribution in [-0.4, -0.2) is 25.6 Å². The quantitative estimate of drug-likeness (QED) is 0.795. The second-order valence-electron chi connectivity index (χ2n) is 3.75. The monoisotopic (exact) mass is 327 g/mol. The van der Waals surface area contributed by atoms with E-state index in [2.05, 4.69) is 14.9 Å². The van der Waals surface area contributed by atoms with E-state index < -0.39 is 10.0 Å². The lowest BCUT2D eigenvalue weighted by Crippen LogP contribution is -2.17. The van der Waals surface area contributed by atoms with Crippen molar-refractivity contribution in [2.45, 2.75) is 4.90 Å². The topological polar surface area (TPSA) is 85.1 Å². The van der Waals surface area contributed by atoms with Crippen LogP contribution in [0.25, 0.3) is 21.5 Å². The molecule has 20 heavy (non-hydrogen) atoms. The number of hydrogen-bond acceptors (Lipinski definition) is 7.